The summed E-state index contributed by atoms with van der Waals surface area (Å²) >= 11 is 0. The highest BCUT2D eigenvalue weighted by Crippen LogP contribution is 2.13. The number of rotatable bonds is 8. The highest BCUT2D eigenvalue weighted by molar-refractivity contribution is 14.0. The maximum atomic E-state index is 13.3. The molecule has 1 aromatic carbocycles. The second-order valence-corrected chi connectivity index (χ2v) is 7.09. The van der Waals surface area contributed by atoms with Crippen LogP contribution in [-0.2, 0) is 9.53 Å². The minimum Gasteiger partial charge on any atom is -0.489 e. The number of benzene rings is 1. The predicted octanol–water partition coefficient (Wildman–Crippen LogP) is 2.40. The van der Waals surface area contributed by atoms with Crippen LogP contribution in [0, 0.1) is 5.82 Å². The molecule has 2 rings (SSSR count). The number of amides is 1. The fraction of sp³-hybridized carbons (Fsp3) is 0.600. The first-order chi connectivity index (χ1) is 13.4. The molecule has 0 spiro atoms. The molecule has 1 aromatic rings. The Balaban J connectivity index is 0.00000420. The minimum atomic E-state index is -0.337. The van der Waals surface area contributed by atoms with Gasteiger partial charge in [-0.1, -0.05) is 6.07 Å². The van der Waals surface area contributed by atoms with Gasteiger partial charge >= 0.3 is 0 Å². The third kappa shape index (κ3) is 10.1. The first-order valence-electron chi connectivity index (χ1n) is 9.70. The molecule has 1 fully saturated rings. The summed E-state index contributed by atoms with van der Waals surface area (Å²) in [5.41, 5.74) is 0. The number of likely N-dealkylation sites (N-methyl/N-ethyl adjacent to an activating group) is 1. The van der Waals surface area contributed by atoms with Crippen LogP contribution in [0.5, 0.6) is 5.75 Å². The number of hydrogen-bond donors (Lipinski definition) is 2. The molecule has 2 atom stereocenters. The summed E-state index contributed by atoms with van der Waals surface area (Å²) in [6.45, 7) is 3.78. The van der Waals surface area contributed by atoms with Crippen molar-refractivity contribution in [2.45, 2.75) is 38.4 Å². The lowest BCUT2D eigenvalue weighted by atomic mass is 10.1. The lowest BCUT2D eigenvalue weighted by Gasteiger charge is -2.24. The second-order valence-electron chi connectivity index (χ2n) is 7.09. The number of aliphatic imine (C=N–C) groups is 1. The number of carbonyl (C=O) groups excluding carboxylic acids is 1. The number of guanidine groups is 1. The van der Waals surface area contributed by atoms with Gasteiger partial charge < -0.3 is 25.0 Å². The predicted molar refractivity (Wildman–Crippen MR) is 122 cm³/mol. The molecule has 7 nitrogen and oxygen atoms in total. The van der Waals surface area contributed by atoms with Crippen LogP contribution < -0.4 is 15.4 Å². The van der Waals surface area contributed by atoms with Gasteiger partial charge in [0, 0.05) is 33.3 Å². The fourth-order valence-corrected chi connectivity index (χ4v) is 2.70. The van der Waals surface area contributed by atoms with Crippen molar-refractivity contribution in [3.8, 4) is 5.75 Å². The standard InChI is InChI=1S/C20H31FN4O3.HI/c1-15(28-17-9-6-7-16(21)11-17)12-22-20(24-14-19(26)25(2)3)23-13-18-8-4-5-10-27-18;/h6-7,9,11,15,18H,4-5,8,10,12-14H2,1-3H3,(H2,22,23,24);1H. The van der Waals surface area contributed by atoms with Crippen LogP contribution in [0.1, 0.15) is 26.2 Å². The molecule has 0 aromatic heterocycles. The maximum absolute atomic E-state index is 13.3. The Hall–Kier alpha value is -1.62. The molecular formula is C20H32FIN4O3. The third-order valence-corrected chi connectivity index (χ3v) is 4.33. The number of hydrogen-bond acceptors (Lipinski definition) is 4. The van der Waals surface area contributed by atoms with Gasteiger partial charge in [0.1, 0.15) is 24.2 Å². The van der Waals surface area contributed by atoms with Crippen LogP contribution in [0.3, 0.4) is 0 Å². The van der Waals surface area contributed by atoms with Crippen molar-refractivity contribution < 1.29 is 18.7 Å². The largest absolute Gasteiger partial charge is 0.489 e. The van der Waals surface area contributed by atoms with E-state index in [1.54, 1.807) is 26.2 Å². The molecular weight excluding hydrogens is 490 g/mol. The molecule has 1 aliphatic heterocycles. The second kappa shape index (κ2) is 13.6. The van der Waals surface area contributed by atoms with E-state index in [9.17, 15) is 9.18 Å². The van der Waals surface area contributed by atoms with Crippen molar-refractivity contribution in [2.24, 2.45) is 4.99 Å². The van der Waals surface area contributed by atoms with Gasteiger partial charge in [-0.2, -0.15) is 0 Å². The SMILES string of the molecule is CC(CNC(=NCC(=O)N(C)C)NCC1CCCCO1)Oc1cccc(F)c1.I. The molecule has 1 aliphatic rings. The van der Waals surface area contributed by atoms with Crippen molar-refractivity contribution >= 4 is 35.8 Å². The molecule has 0 bridgehead atoms. The van der Waals surface area contributed by atoms with Crippen molar-refractivity contribution in [3.63, 3.8) is 0 Å². The highest BCUT2D eigenvalue weighted by Gasteiger charge is 2.15. The van der Waals surface area contributed by atoms with Crippen molar-refractivity contribution in [3.05, 3.63) is 30.1 Å². The van der Waals surface area contributed by atoms with Gasteiger partial charge in [0.05, 0.1) is 12.6 Å². The molecule has 2 N–H and O–H groups in total. The lowest BCUT2D eigenvalue weighted by Crippen LogP contribution is -2.45. The van der Waals surface area contributed by atoms with Gasteiger partial charge in [-0.05, 0) is 38.3 Å². The summed E-state index contributed by atoms with van der Waals surface area (Å²) in [6, 6.07) is 6.04. The minimum absolute atomic E-state index is 0. The average Bonchev–Trinajstić information content (AvgIpc) is 2.67. The molecule has 1 amide bonds. The zero-order valence-corrected chi connectivity index (χ0v) is 19.6. The van der Waals surface area contributed by atoms with Gasteiger partial charge in [0.15, 0.2) is 5.96 Å². The number of nitrogens with zero attached hydrogens (tertiary/aromatic N) is 2. The van der Waals surface area contributed by atoms with Crippen LogP contribution in [-0.4, -0.2) is 69.3 Å². The van der Waals surface area contributed by atoms with Crippen LogP contribution >= 0.6 is 24.0 Å². The number of carbonyl (C=O) groups is 1. The molecule has 0 saturated carbocycles. The molecule has 9 heteroatoms. The van der Waals surface area contributed by atoms with Crippen molar-refractivity contribution in [2.75, 3.05) is 40.3 Å². The monoisotopic (exact) mass is 522 g/mol. The van der Waals surface area contributed by atoms with Crippen LogP contribution in [0.15, 0.2) is 29.3 Å². The molecule has 2 unspecified atom stereocenters. The lowest BCUT2D eigenvalue weighted by molar-refractivity contribution is -0.127. The van der Waals surface area contributed by atoms with E-state index in [2.05, 4.69) is 15.6 Å². The Labute approximate surface area is 189 Å². The molecule has 0 radical (unpaired) electrons. The summed E-state index contributed by atoms with van der Waals surface area (Å²) in [5.74, 6) is 0.577. The van der Waals surface area contributed by atoms with E-state index in [1.807, 2.05) is 6.92 Å². The zero-order valence-electron chi connectivity index (χ0n) is 17.3. The molecule has 0 aliphatic carbocycles. The summed E-state index contributed by atoms with van der Waals surface area (Å²) < 4.78 is 24.7. The quantitative estimate of drug-likeness (QED) is 0.312. The van der Waals surface area contributed by atoms with Crippen molar-refractivity contribution in [1.82, 2.24) is 15.5 Å². The smallest absolute Gasteiger partial charge is 0.243 e. The van der Waals surface area contributed by atoms with E-state index in [4.69, 9.17) is 9.47 Å². The van der Waals surface area contributed by atoms with E-state index >= 15 is 0 Å². The Morgan fingerprint density at radius 2 is 2.17 bits per heavy atom. The first-order valence-corrected chi connectivity index (χ1v) is 9.70. The van der Waals surface area contributed by atoms with E-state index in [1.165, 1.54) is 17.0 Å². The Bertz CT molecular complexity index is 654. The molecule has 164 valence electrons. The number of halogens is 2. The summed E-state index contributed by atoms with van der Waals surface area (Å²) in [7, 11) is 3.40. The highest BCUT2D eigenvalue weighted by atomic mass is 127. The van der Waals surface area contributed by atoms with Gasteiger partial charge in [-0.3, -0.25) is 4.79 Å². The fourth-order valence-electron chi connectivity index (χ4n) is 2.70. The Morgan fingerprint density at radius 1 is 1.38 bits per heavy atom. The van der Waals surface area contributed by atoms with E-state index in [0.29, 0.717) is 24.8 Å². The normalized spacial score (nSPS) is 17.7. The maximum Gasteiger partial charge on any atom is 0.243 e. The van der Waals surface area contributed by atoms with Crippen LogP contribution in [0.2, 0.25) is 0 Å². The summed E-state index contributed by atoms with van der Waals surface area (Å²) in [5, 5.41) is 6.42. The average molecular weight is 522 g/mol. The summed E-state index contributed by atoms with van der Waals surface area (Å²) in [6.07, 6.45) is 3.19. The zero-order chi connectivity index (χ0) is 20.4. The summed E-state index contributed by atoms with van der Waals surface area (Å²) in [4.78, 5) is 17.7. The number of ether oxygens (including phenoxy) is 2. The molecule has 1 saturated heterocycles. The van der Waals surface area contributed by atoms with Gasteiger partial charge in [-0.25, -0.2) is 9.38 Å². The van der Waals surface area contributed by atoms with Gasteiger partial charge in [0.25, 0.3) is 0 Å². The van der Waals surface area contributed by atoms with E-state index in [0.717, 1.165) is 25.9 Å². The van der Waals surface area contributed by atoms with Crippen LogP contribution in [0.4, 0.5) is 4.39 Å². The number of nitrogens with one attached hydrogen (secondary N) is 2. The van der Waals surface area contributed by atoms with Crippen molar-refractivity contribution in [1.29, 1.82) is 0 Å². The topological polar surface area (TPSA) is 75.2 Å². The van der Waals surface area contributed by atoms with E-state index in [-0.39, 0.29) is 54.5 Å². The van der Waals surface area contributed by atoms with Crippen LogP contribution in [0.25, 0.3) is 0 Å². The van der Waals surface area contributed by atoms with E-state index < -0.39 is 0 Å². The third-order valence-electron chi connectivity index (χ3n) is 4.33. The Morgan fingerprint density at radius 3 is 2.83 bits per heavy atom. The first kappa shape index (κ1) is 25.4. The molecule has 1 heterocycles. The Kier molecular flexibility index (Phi) is 11.9. The van der Waals surface area contributed by atoms with Gasteiger partial charge in [0.2, 0.25) is 5.91 Å². The van der Waals surface area contributed by atoms with Gasteiger partial charge in [-0.15, -0.1) is 24.0 Å². The molecule has 29 heavy (non-hydrogen) atoms.